The third-order valence-corrected chi connectivity index (χ3v) is 4.43. The van der Waals surface area contributed by atoms with Crippen LogP contribution in [0.4, 0.5) is 0 Å². The second-order valence-corrected chi connectivity index (χ2v) is 5.98. The summed E-state index contributed by atoms with van der Waals surface area (Å²) in [5.74, 6) is 1.09. The summed E-state index contributed by atoms with van der Waals surface area (Å²) in [7, 11) is 0. The number of rotatable bonds is 1. The number of hydrogen-bond acceptors (Lipinski definition) is 3. The summed E-state index contributed by atoms with van der Waals surface area (Å²) in [4.78, 5) is 14.7. The molecule has 3 atom stereocenters. The summed E-state index contributed by atoms with van der Waals surface area (Å²) in [5.41, 5.74) is 7.10. The Hall–Kier alpha value is -1.55. The van der Waals surface area contributed by atoms with Crippen LogP contribution in [0, 0.1) is 5.92 Å². The van der Waals surface area contributed by atoms with E-state index in [1.807, 2.05) is 29.2 Å². The van der Waals surface area contributed by atoms with Gasteiger partial charge in [0, 0.05) is 18.6 Å². The fraction of sp³-hybridized carbons (Fsp3) is 0.562. The summed E-state index contributed by atoms with van der Waals surface area (Å²) < 4.78 is 5.73. The van der Waals surface area contributed by atoms with Gasteiger partial charge in [-0.15, -0.1) is 0 Å². The van der Waals surface area contributed by atoms with Gasteiger partial charge in [0.15, 0.2) is 0 Å². The number of likely N-dealkylation sites (tertiary alicyclic amines) is 1. The monoisotopic (exact) mass is 274 g/mol. The average Bonchev–Trinajstić information content (AvgIpc) is 2.46. The van der Waals surface area contributed by atoms with Crippen molar-refractivity contribution in [2.45, 2.75) is 38.3 Å². The van der Waals surface area contributed by atoms with Gasteiger partial charge in [-0.1, -0.05) is 18.2 Å². The van der Waals surface area contributed by atoms with Gasteiger partial charge in [-0.05, 0) is 37.8 Å². The summed E-state index contributed by atoms with van der Waals surface area (Å²) >= 11 is 0. The second-order valence-electron chi connectivity index (χ2n) is 5.98. The highest BCUT2D eigenvalue weighted by Gasteiger charge is 2.34. The molecule has 1 fully saturated rings. The summed E-state index contributed by atoms with van der Waals surface area (Å²) in [6, 6.07) is 8.45. The minimum absolute atomic E-state index is 0.0540. The van der Waals surface area contributed by atoms with E-state index in [1.165, 1.54) is 0 Å². The molecule has 4 heteroatoms. The molecular formula is C16H22N2O2. The van der Waals surface area contributed by atoms with Crippen molar-refractivity contribution in [3.8, 4) is 5.75 Å². The van der Waals surface area contributed by atoms with Gasteiger partial charge in [0.2, 0.25) is 5.91 Å². The fourth-order valence-electron chi connectivity index (χ4n) is 3.26. The van der Waals surface area contributed by atoms with Crippen molar-refractivity contribution in [2.75, 3.05) is 13.2 Å². The molecule has 1 aromatic rings. The molecule has 1 saturated heterocycles. The first-order valence-corrected chi connectivity index (χ1v) is 7.42. The van der Waals surface area contributed by atoms with Gasteiger partial charge in [0.25, 0.3) is 0 Å². The van der Waals surface area contributed by atoms with Crippen molar-refractivity contribution in [1.29, 1.82) is 0 Å². The van der Waals surface area contributed by atoms with Crippen LogP contribution < -0.4 is 10.5 Å². The third-order valence-electron chi connectivity index (χ3n) is 4.43. The number of nitrogens with two attached hydrogens (primary N) is 1. The number of carbonyl (C=O) groups excluding carboxylic acids is 1. The largest absolute Gasteiger partial charge is 0.492 e. The number of benzene rings is 1. The van der Waals surface area contributed by atoms with Crippen molar-refractivity contribution in [3.05, 3.63) is 29.8 Å². The van der Waals surface area contributed by atoms with Crippen molar-refractivity contribution in [3.63, 3.8) is 0 Å². The molecule has 3 unspecified atom stereocenters. The van der Waals surface area contributed by atoms with Gasteiger partial charge < -0.3 is 15.4 Å². The maximum absolute atomic E-state index is 12.7. The van der Waals surface area contributed by atoms with Crippen molar-refractivity contribution in [1.82, 2.24) is 4.90 Å². The average molecular weight is 274 g/mol. The molecule has 108 valence electrons. The number of para-hydroxylation sites is 1. The smallest absolute Gasteiger partial charge is 0.229 e. The first-order valence-electron chi connectivity index (χ1n) is 7.42. The molecule has 0 saturated carbocycles. The van der Waals surface area contributed by atoms with Crippen LogP contribution in [0.3, 0.4) is 0 Å². The van der Waals surface area contributed by atoms with Crippen LogP contribution in [-0.4, -0.2) is 36.0 Å². The Kier molecular flexibility index (Phi) is 3.66. The van der Waals surface area contributed by atoms with Crippen LogP contribution in [0.1, 0.15) is 25.3 Å². The van der Waals surface area contributed by atoms with E-state index in [-0.39, 0.29) is 23.9 Å². The van der Waals surface area contributed by atoms with Crippen LogP contribution in [0.5, 0.6) is 5.75 Å². The van der Waals surface area contributed by atoms with E-state index in [4.69, 9.17) is 10.5 Å². The highest BCUT2D eigenvalue weighted by Crippen LogP contribution is 2.29. The number of ether oxygens (including phenoxy) is 1. The van der Waals surface area contributed by atoms with E-state index >= 15 is 0 Å². The Bertz CT molecular complexity index is 503. The Morgan fingerprint density at radius 2 is 2.20 bits per heavy atom. The lowest BCUT2D eigenvalue weighted by atomic mass is 9.92. The zero-order valence-corrected chi connectivity index (χ0v) is 11.9. The van der Waals surface area contributed by atoms with E-state index in [1.54, 1.807) is 0 Å². The van der Waals surface area contributed by atoms with Gasteiger partial charge in [-0.2, -0.15) is 0 Å². The molecule has 4 nitrogen and oxygen atoms in total. The maximum Gasteiger partial charge on any atom is 0.229 e. The summed E-state index contributed by atoms with van der Waals surface area (Å²) in [6.45, 7) is 3.36. The summed E-state index contributed by atoms with van der Waals surface area (Å²) in [5, 5.41) is 0. The number of fused-ring (bicyclic) bond motifs is 1. The first-order chi connectivity index (χ1) is 9.65. The second kappa shape index (κ2) is 5.44. The molecule has 2 heterocycles. The Labute approximate surface area is 119 Å². The molecule has 2 aliphatic rings. The predicted octanol–water partition coefficient (Wildman–Crippen LogP) is 1.58. The molecule has 0 aromatic heterocycles. The normalized spacial score (nSPS) is 29.5. The first kappa shape index (κ1) is 13.4. The van der Waals surface area contributed by atoms with E-state index in [0.29, 0.717) is 6.61 Å². The van der Waals surface area contributed by atoms with Crippen LogP contribution in [0.2, 0.25) is 0 Å². The van der Waals surface area contributed by atoms with E-state index in [2.05, 4.69) is 6.92 Å². The lowest BCUT2D eigenvalue weighted by Crippen LogP contribution is -2.51. The van der Waals surface area contributed by atoms with E-state index in [9.17, 15) is 4.79 Å². The fourth-order valence-corrected chi connectivity index (χ4v) is 3.26. The number of hydrogen-bond donors (Lipinski definition) is 1. The van der Waals surface area contributed by atoms with E-state index in [0.717, 1.165) is 37.1 Å². The lowest BCUT2D eigenvalue weighted by molar-refractivity contribution is -0.140. The number of carbonyl (C=O) groups is 1. The molecule has 1 amide bonds. The highest BCUT2D eigenvalue weighted by molar-refractivity contribution is 5.80. The van der Waals surface area contributed by atoms with E-state index < -0.39 is 0 Å². The summed E-state index contributed by atoms with van der Waals surface area (Å²) in [6.07, 6.45) is 2.58. The van der Waals surface area contributed by atoms with Gasteiger partial charge in [-0.25, -0.2) is 0 Å². The highest BCUT2D eigenvalue weighted by atomic mass is 16.5. The standard InChI is InChI=1S/C16H22N2O2/c1-11-8-14(17)6-7-18(11)16(19)13-9-12-4-2-3-5-15(12)20-10-13/h2-5,11,13-14H,6-10,17H2,1H3. The molecule has 20 heavy (non-hydrogen) atoms. The molecule has 2 aliphatic heterocycles. The zero-order valence-electron chi connectivity index (χ0n) is 11.9. The quantitative estimate of drug-likeness (QED) is 0.846. The van der Waals surface area contributed by atoms with Crippen LogP contribution in [0.25, 0.3) is 0 Å². The molecule has 3 rings (SSSR count). The Morgan fingerprint density at radius 3 is 3.00 bits per heavy atom. The minimum Gasteiger partial charge on any atom is -0.492 e. The molecule has 1 aromatic carbocycles. The van der Waals surface area contributed by atoms with Gasteiger partial charge in [0.1, 0.15) is 12.4 Å². The molecule has 0 bridgehead atoms. The molecule has 0 radical (unpaired) electrons. The molecule has 0 spiro atoms. The van der Waals surface area contributed by atoms with Crippen molar-refractivity contribution < 1.29 is 9.53 Å². The zero-order chi connectivity index (χ0) is 14.1. The van der Waals surface area contributed by atoms with Gasteiger partial charge in [-0.3, -0.25) is 4.79 Å². The van der Waals surface area contributed by atoms with Gasteiger partial charge in [0.05, 0.1) is 5.92 Å². The SMILES string of the molecule is CC1CC(N)CCN1C(=O)C1COc2ccccc2C1. The topological polar surface area (TPSA) is 55.6 Å². The predicted molar refractivity (Wildman–Crippen MR) is 77.5 cm³/mol. The maximum atomic E-state index is 12.7. The number of amides is 1. The third kappa shape index (κ3) is 2.52. The van der Waals surface area contributed by atoms with Crippen LogP contribution in [0.15, 0.2) is 24.3 Å². The van der Waals surface area contributed by atoms with Crippen molar-refractivity contribution >= 4 is 5.91 Å². The minimum atomic E-state index is -0.0540. The molecule has 0 aliphatic carbocycles. The van der Waals surface area contributed by atoms with Crippen LogP contribution in [-0.2, 0) is 11.2 Å². The molecule has 2 N–H and O–H groups in total. The lowest BCUT2D eigenvalue weighted by Gasteiger charge is -2.39. The Morgan fingerprint density at radius 1 is 1.40 bits per heavy atom. The number of piperidine rings is 1. The van der Waals surface area contributed by atoms with Gasteiger partial charge >= 0.3 is 0 Å². The van der Waals surface area contributed by atoms with Crippen LogP contribution >= 0.6 is 0 Å². The number of nitrogens with zero attached hydrogens (tertiary/aromatic N) is 1. The molecular weight excluding hydrogens is 252 g/mol. The Balaban J connectivity index is 1.70. The van der Waals surface area contributed by atoms with Crippen molar-refractivity contribution in [2.24, 2.45) is 11.7 Å².